The van der Waals surface area contributed by atoms with Crippen LogP contribution in [0.3, 0.4) is 0 Å². The van der Waals surface area contributed by atoms with Gasteiger partial charge >= 0.3 is 0 Å². The van der Waals surface area contributed by atoms with Crippen molar-refractivity contribution in [2.24, 2.45) is 0 Å². The minimum Gasteiger partial charge on any atom is -0.352 e. The van der Waals surface area contributed by atoms with Crippen LogP contribution in [-0.4, -0.2) is 22.0 Å². The maximum atomic E-state index is 12.8. The van der Waals surface area contributed by atoms with Gasteiger partial charge in [0.2, 0.25) is 0 Å². The molecule has 27 heavy (non-hydrogen) atoms. The van der Waals surface area contributed by atoms with Crippen LogP contribution >= 0.6 is 0 Å². The molecular formula is C22H25N3O2. The molecule has 1 N–H and O–H groups in total. The maximum Gasteiger partial charge on any atom is 0.265 e. The van der Waals surface area contributed by atoms with Gasteiger partial charge in [0.1, 0.15) is 11.2 Å². The Kier molecular flexibility index (Phi) is 6.01. The third-order valence-electron chi connectivity index (χ3n) is 4.58. The molecule has 140 valence electrons. The van der Waals surface area contributed by atoms with Gasteiger partial charge in [0.15, 0.2) is 0 Å². The summed E-state index contributed by atoms with van der Waals surface area (Å²) in [7, 11) is 0. The summed E-state index contributed by atoms with van der Waals surface area (Å²) in [4.78, 5) is 29.7. The van der Waals surface area contributed by atoms with E-state index >= 15 is 0 Å². The fourth-order valence-corrected chi connectivity index (χ4v) is 3.20. The quantitative estimate of drug-likeness (QED) is 0.651. The van der Waals surface area contributed by atoms with Crippen molar-refractivity contribution in [3.05, 3.63) is 76.2 Å². The van der Waals surface area contributed by atoms with Crippen molar-refractivity contribution in [1.29, 1.82) is 0 Å². The van der Waals surface area contributed by atoms with Crippen LogP contribution in [0.2, 0.25) is 0 Å². The lowest BCUT2D eigenvalue weighted by atomic mass is 10.1. The average Bonchev–Trinajstić information content (AvgIpc) is 2.67. The number of nitrogens with zero attached hydrogens (tertiary/aromatic N) is 2. The van der Waals surface area contributed by atoms with Crippen LogP contribution in [0.1, 0.15) is 48.7 Å². The highest BCUT2D eigenvalue weighted by Gasteiger charge is 2.17. The van der Waals surface area contributed by atoms with Gasteiger partial charge in [-0.25, -0.2) is 4.98 Å². The van der Waals surface area contributed by atoms with Gasteiger partial charge in [-0.1, -0.05) is 30.3 Å². The monoisotopic (exact) mass is 363 g/mol. The molecule has 2 heterocycles. The summed E-state index contributed by atoms with van der Waals surface area (Å²) in [6, 6.07) is 15.5. The lowest BCUT2D eigenvalue weighted by Crippen LogP contribution is -2.34. The van der Waals surface area contributed by atoms with Gasteiger partial charge in [-0.2, -0.15) is 0 Å². The zero-order chi connectivity index (χ0) is 19.2. The number of fused-ring (bicyclic) bond motifs is 1. The van der Waals surface area contributed by atoms with Crippen molar-refractivity contribution in [2.45, 2.75) is 39.2 Å². The molecule has 0 aliphatic heterocycles. The third kappa shape index (κ3) is 4.42. The molecule has 0 fully saturated rings. The Bertz CT molecular complexity index is 978. The summed E-state index contributed by atoms with van der Waals surface area (Å²) in [6.07, 6.45) is 4.50. The van der Waals surface area contributed by atoms with Crippen molar-refractivity contribution in [3.8, 4) is 0 Å². The van der Waals surface area contributed by atoms with E-state index < -0.39 is 0 Å². The summed E-state index contributed by atoms with van der Waals surface area (Å²) in [5.74, 6) is -0.320. The summed E-state index contributed by atoms with van der Waals surface area (Å²) >= 11 is 0. The highest BCUT2D eigenvalue weighted by molar-refractivity contribution is 5.96. The molecule has 3 aromatic rings. The van der Waals surface area contributed by atoms with Gasteiger partial charge in [-0.3, -0.25) is 14.2 Å². The number of carbonyl (C=O) groups is 1. The highest BCUT2D eigenvalue weighted by Crippen LogP contribution is 2.15. The van der Waals surface area contributed by atoms with E-state index in [4.69, 9.17) is 0 Å². The van der Waals surface area contributed by atoms with E-state index in [-0.39, 0.29) is 23.1 Å². The number of pyridine rings is 2. The Morgan fingerprint density at radius 2 is 1.89 bits per heavy atom. The molecule has 0 aliphatic rings. The van der Waals surface area contributed by atoms with Gasteiger partial charge in [0.05, 0.1) is 0 Å². The second-order valence-corrected chi connectivity index (χ2v) is 6.94. The van der Waals surface area contributed by atoms with Crippen molar-refractivity contribution < 1.29 is 4.79 Å². The molecule has 0 bridgehead atoms. The van der Waals surface area contributed by atoms with Crippen LogP contribution in [0.5, 0.6) is 0 Å². The van der Waals surface area contributed by atoms with Crippen LogP contribution in [0.25, 0.3) is 11.0 Å². The van der Waals surface area contributed by atoms with Crippen molar-refractivity contribution in [2.75, 3.05) is 6.54 Å². The molecule has 2 aromatic heterocycles. The minimum atomic E-state index is -0.320. The molecule has 1 amide bonds. The molecule has 0 spiro atoms. The van der Waals surface area contributed by atoms with Crippen LogP contribution in [0.4, 0.5) is 0 Å². The first-order chi connectivity index (χ1) is 13.1. The van der Waals surface area contributed by atoms with Crippen molar-refractivity contribution in [1.82, 2.24) is 14.9 Å². The lowest BCUT2D eigenvalue weighted by molar-refractivity contribution is 0.0951. The summed E-state index contributed by atoms with van der Waals surface area (Å²) in [5.41, 5.74) is 1.79. The molecule has 5 heteroatoms. The highest BCUT2D eigenvalue weighted by atomic mass is 16.2. The normalized spacial score (nSPS) is 11.1. The predicted molar refractivity (Wildman–Crippen MR) is 108 cm³/mol. The molecule has 5 nitrogen and oxygen atoms in total. The fourth-order valence-electron chi connectivity index (χ4n) is 3.20. The van der Waals surface area contributed by atoms with Crippen molar-refractivity contribution in [3.63, 3.8) is 0 Å². The van der Waals surface area contributed by atoms with Crippen LogP contribution in [0, 0.1) is 0 Å². The molecule has 0 saturated heterocycles. The van der Waals surface area contributed by atoms with E-state index in [9.17, 15) is 9.59 Å². The second-order valence-electron chi connectivity index (χ2n) is 6.94. The van der Waals surface area contributed by atoms with E-state index in [1.54, 1.807) is 16.8 Å². The average molecular weight is 363 g/mol. The number of unbranched alkanes of at least 4 members (excludes halogenated alkanes) is 1. The number of carbonyl (C=O) groups excluding carboxylic acids is 1. The topological polar surface area (TPSA) is 64.0 Å². The Morgan fingerprint density at radius 1 is 1.11 bits per heavy atom. The van der Waals surface area contributed by atoms with E-state index in [0.29, 0.717) is 12.2 Å². The number of aryl methyl sites for hydroxylation is 1. The summed E-state index contributed by atoms with van der Waals surface area (Å²) in [6.45, 7) is 4.39. The van der Waals surface area contributed by atoms with E-state index in [1.165, 1.54) is 5.56 Å². The minimum absolute atomic E-state index is 0.0754. The van der Waals surface area contributed by atoms with Crippen molar-refractivity contribution >= 4 is 16.9 Å². The third-order valence-corrected chi connectivity index (χ3v) is 4.58. The maximum absolute atomic E-state index is 12.8. The molecule has 0 radical (unpaired) electrons. The first-order valence-electron chi connectivity index (χ1n) is 9.40. The number of hydrogen-bond donors (Lipinski definition) is 1. The Morgan fingerprint density at radius 3 is 2.63 bits per heavy atom. The molecule has 1 aromatic carbocycles. The first kappa shape index (κ1) is 18.8. The summed E-state index contributed by atoms with van der Waals surface area (Å²) < 4.78 is 1.58. The second kappa shape index (κ2) is 8.62. The van der Waals surface area contributed by atoms with Crippen LogP contribution in [0.15, 0.2) is 59.5 Å². The predicted octanol–water partition coefficient (Wildman–Crippen LogP) is 3.73. The Labute approximate surface area is 159 Å². The van der Waals surface area contributed by atoms with Gasteiger partial charge in [-0.15, -0.1) is 0 Å². The summed E-state index contributed by atoms with van der Waals surface area (Å²) in [5, 5.41) is 3.68. The molecule has 0 unspecified atom stereocenters. The van der Waals surface area contributed by atoms with E-state index in [2.05, 4.69) is 22.4 Å². The largest absolute Gasteiger partial charge is 0.352 e. The molecule has 0 aliphatic carbocycles. The molecule has 0 saturated carbocycles. The fraction of sp³-hybridized carbons (Fsp3) is 0.318. The van der Waals surface area contributed by atoms with Gasteiger partial charge in [-0.05, 0) is 56.9 Å². The number of amides is 1. The Balaban J connectivity index is 1.67. The number of nitrogens with one attached hydrogen (secondary N) is 1. The molecule has 3 rings (SSSR count). The van der Waals surface area contributed by atoms with E-state index in [0.717, 1.165) is 24.6 Å². The Hall–Kier alpha value is -2.95. The zero-order valence-corrected chi connectivity index (χ0v) is 15.8. The van der Waals surface area contributed by atoms with Gasteiger partial charge in [0, 0.05) is 24.2 Å². The SMILES string of the molecule is CC(C)n1c(=O)c(C(=O)NCCCCc2ccccc2)cc2cccnc21. The smallest absolute Gasteiger partial charge is 0.265 e. The molecule has 0 atom stereocenters. The van der Waals surface area contributed by atoms with Gasteiger partial charge < -0.3 is 5.32 Å². The number of hydrogen-bond acceptors (Lipinski definition) is 3. The van der Waals surface area contributed by atoms with Gasteiger partial charge in [0.25, 0.3) is 11.5 Å². The number of rotatable bonds is 7. The number of benzene rings is 1. The van der Waals surface area contributed by atoms with E-state index in [1.807, 2.05) is 44.2 Å². The van der Waals surface area contributed by atoms with Crippen LogP contribution in [-0.2, 0) is 6.42 Å². The molecular weight excluding hydrogens is 338 g/mol. The standard InChI is InChI=1S/C22H25N3O2/c1-16(2)25-20-18(12-8-14-23-20)15-19(22(25)27)21(26)24-13-7-6-11-17-9-4-3-5-10-17/h3-5,8-10,12,14-16H,6-7,11,13H2,1-2H3,(H,24,26). The zero-order valence-electron chi connectivity index (χ0n) is 15.8. The number of aromatic nitrogens is 2. The first-order valence-corrected chi connectivity index (χ1v) is 9.40. The van der Waals surface area contributed by atoms with Crippen LogP contribution < -0.4 is 10.9 Å². The lowest BCUT2D eigenvalue weighted by Gasteiger charge is -2.15.